The van der Waals surface area contributed by atoms with Crippen molar-refractivity contribution in [2.24, 2.45) is 0 Å². The Hall–Kier alpha value is -1.99. The second-order valence-electron chi connectivity index (χ2n) is 3.19. The van der Waals surface area contributed by atoms with Crippen LogP contribution in [0.1, 0.15) is 0 Å². The second kappa shape index (κ2) is 4.48. The van der Waals surface area contributed by atoms with Crippen molar-refractivity contribution >= 4 is 27.8 Å². The van der Waals surface area contributed by atoms with Crippen molar-refractivity contribution in [1.29, 1.82) is 0 Å². The quantitative estimate of drug-likeness (QED) is 0.514. The highest BCUT2D eigenvalue weighted by Gasteiger charge is 2.14. The van der Waals surface area contributed by atoms with E-state index in [0.717, 1.165) is 0 Å². The Labute approximate surface area is 98.5 Å². The fourth-order valence-corrected chi connectivity index (χ4v) is 1.87. The Bertz CT molecular complexity index is 613. The molecule has 1 N–H and O–H groups in total. The summed E-state index contributed by atoms with van der Waals surface area (Å²) in [7, 11) is 0. The van der Waals surface area contributed by atoms with E-state index in [1.165, 1.54) is 24.3 Å². The van der Waals surface area contributed by atoms with Gasteiger partial charge in [0.2, 0.25) is 0 Å². The molecule has 0 aliphatic heterocycles. The number of fused-ring (bicyclic) bond motifs is 1. The van der Waals surface area contributed by atoms with Gasteiger partial charge in [0.15, 0.2) is 5.75 Å². The SMILES string of the molecule is O=[N+]([O-])c1cccc2c(OS(=O)O)cccc12. The lowest BCUT2D eigenvalue weighted by molar-refractivity contribution is -0.383. The Morgan fingerprint density at radius 2 is 1.82 bits per heavy atom. The molecule has 7 heteroatoms. The van der Waals surface area contributed by atoms with E-state index in [9.17, 15) is 14.3 Å². The van der Waals surface area contributed by atoms with Crippen molar-refractivity contribution in [3.8, 4) is 5.75 Å². The Morgan fingerprint density at radius 1 is 1.18 bits per heavy atom. The molecule has 0 saturated carbocycles. The number of hydrogen-bond acceptors (Lipinski definition) is 4. The zero-order valence-electron chi connectivity index (χ0n) is 8.40. The largest absolute Gasteiger partial charge is 0.379 e. The average Bonchev–Trinajstić information content (AvgIpc) is 2.28. The lowest BCUT2D eigenvalue weighted by Crippen LogP contribution is -1.98. The summed E-state index contributed by atoms with van der Waals surface area (Å²) in [5.74, 6) is 0.132. The molecule has 0 bridgehead atoms. The van der Waals surface area contributed by atoms with Crippen LogP contribution in [0.4, 0.5) is 5.69 Å². The first kappa shape index (κ1) is 11.5. The van der Waals surface area contributed by atoms with Gasteiger partial charge in [-0.2, -0.15) is 4.21 Å². The van der Waals surface area contributed by atoms with Gasteiger partial charge in [-0.1, -0.05) is 18.2 Å². The van der Waals surface area contributed by atoms with E-state index in [0.29, 0.717) is 10.8 Å². The standard InChI is InChI=1S/C10H7NO5S/c12-11(13)9-5-1-4-8-7(9)3-2-6-10(8)16-17(14)15/h1-6H,(H,14,15). The monoisotopic (exact) mass is 253 g/mol. The first-order chi connectivity index (χ1) is 8.09. The highest BCUT2D eigenvalue weighted by atomic mass is 32.2. The van der Waals surface area contributed by atoms with Crippen molar-refractivity contribution in [2.75, 3.05) is 0 Å². The molecule has 1 unspecified atom stereocenters. The van der Waals surface area contributed by atoms with E-state index >= 15 is 0 Å². The third-order valence-corrected chi connectivity index (χ3v) is 2.54. The predicted octanol–water partition coefficient (Wildman–Crippen LogP) is 2.26. The molecule has 2 aromatic carbocycles. The van der Waals surface area contributed by atoms with Gasteiger partial charge in [-0.25, -0.2) is 0 Å². The molecule has 17 heavy (non-hydrogen) atoms. The van der Waals surface area contributed by atoms with Gasteiger partial charge in [0.1, 0.15) is 0 Å². The van der Waals surface area contributed by atoms with Crippen LogP contribution in [0.3, 0.4) is 0 Å². The molecule has 88 valence electrons. The van der Waals surface area contributed by atoms with Crippen molar-refractivity contribution in [1.82, 2.24) is 0 Å². The third kappa shape index (κ3) is 2.24. The molecule has 0 aromatic heterocycles. The fraction of sp³-hybridized carbons (Fsp3) is 0. The number of nitro groups is 1. The molecule has 0 heterocycles. The molecule has 2 rings (SSSR count). The van der Waals surface area contributed by atoms with Crippen LogP contribution < -0.4 is 4.18 Å². The summed E-state index contributed by atoms with van der Waals surface area (Å²) in [6.45, 7) is 0. The maximum atomic E-state index is 10.8. The number of hydrogen-bond donors (Lipinski definition) is 1. The molecule has 0 spiro atoms. The van der Waals surface area contributed by atoms with Crippen LogP contribution in [0.15, 0.2) is 36.4 Å². The van der Waals surface area contributed by atoms with E-state index in [2.05, 4.69) is 4.18 Å². The molecule has 6 nitrogen and oxygen atoms in total. The highest BCUT2D eigenvalue weighted by Crippen LogP contribution is 2.31. The minimum absolute atomic E-state index is 0.0725. The van der Waals surface area contributed by atoms with E-state index in [4.69, 9.17) is 4.55 Å². The van der Waals surface area contributed by atoms with E-state index in [1.54, 1.807) is 12.1 Å². The maximum Gasteiger partial charge on any atom is 0.357 e. The summed E-state index contributed by atoms with van der Waals surface area (Å²) >= 11 is -2.46. The highest BCUT2D eigenvalue weighted by molar-refractivity contribution is 7.74. The summed E-state index contributed by atoms with van der Waals surface area (Å²) in [5, 5.41) is 11.6. The molecule has 0 radical (unpaired) electrons. The van der Waals surface area contributed by atoms with E-state index in [-0.39, 0.29) is 11.4 Å². The molecule has 2 aromatic rings. The first-order valence-corrected chi connectivity index (χ1v) is 5.58. The van der Waals surface area contributed by atoms with Crippen LogP contribution in [-0.4, -0.2) is 13.7 Å². The van der Waals surface area contributed by atoms with Gasteiger partial charge < -0.3 is 4.18 Å². The third-order valence-electron chi connectivity index (χ3n) is 2.22. The van der Waals surface area contributed by atoms with Crippen LogP contribution >= 0.6 is 0 Å². The number of nitrogens with zero attached hydrogens (tertiary/aromatic N) is 1. The number of non-ortho nitro benzene ring substituents is 1. The van der Waals surface area contributed by atoms with Crippen LogP contribution in [0.25, 0.3) is 10.8 Å². The van der Waals surface area contributed by atoms with Crippen LogP contribution in [0.5, 0.6) is 5.75 Å². The minimum atomic E-state index is -2.46. The van der Waals surface area contributed by atoms with Gasteiger partial charge in [-0.05, 0) is 12.1 Å². The van der Waals surface area contributed by atoms with Crippen molar-refractivity contribution in [3.05, 3.63) is 46.5 Å². The summed E-state index contributed by atoms with van der Waals surface area (Å²) < 4.78 is 23.9. The second-order valence-corrected chi connectivity index (χ2v) is 3.79. The zero-order valence-corrected chi connectivity index (χ0v) is 9.22. The van der Waals surface area contributed by atoms with Gasteiger partial charge >= 0.3 is 11.4 Å². The molecular formula is C10H7NO5S. The van der Waals surface area contributed by atoms with Gasteiger partial charge in [0.05, 0.1) is 10.3 Å². The topological polar surface area (TPSA) is 89.7 Å². The Morgan fingerprint density at radius 3 is 2.47 bits per heavy atom. The lowest BCUT2D eigenvalue weighted by atomic mass is 10.1. The zero-order chi connectivity index (χ0) is 12.4. The van der Waals surface area contributed by atoms with E-state index < -0.39 is 16.3 Å². The summed E-state index contributed by atoms with van der Waals surface area (Å²) in [4.78, 5) is 10.3. The van der Waals surface area contributed by atoms with Crippen molar-refractivity contribution in [3.63, 3.8) is 0 Å². The number of nitro benzene ring substituents is 1. The summed E-state index contributed by atoms with van der Waals surface area (Å²) in [6.07, 6.45) is 0. The van der Waals surface area contributed by atoms with Gasteiger partial charge in [-0.3, -0.25) is 14.7 Å². The van der Waals surface area contributed by atoms with Crippen LogP contribution in [-0.2, 0) is 11.4 Å². The van der Waals surface area contributed by atoms with E-state index in [1.807, 2.05) is 0 Å². The predicted molar refractivity (Wildman–Crippen MR) is 62.0 cm³/mol. The molecular weight excluding hydrogens is 246 g/mol. The summed E-state index contributed by atoms with van der Waals surface area (Å²) in [5.41, 5.74) is -0.0725. The van der Waals surface area contributed by atoms with Gasteiger partial charge in [0.25, 0.3) is 5.69 Å². The molecule has 1 atom stereocenters. The Balaban J connectivity index is 2.69. The van der Waals surface area contributed by atoms with Gasteiger partial charge in [0, 0.05) is 11.5 Å². The van der Waals surface area contributed by atoms with Crippen LogP contribution in [0, 0.1) is 10.1 Å². The normalized spacial score (nSPS) is 12.3. The minimum Gasteiger partial charge on any atom is -0.379 e. The molecule has 0 saturated heterocycles. The first-order valence-electron chi connectivity index (χ1n) is 4.55. The van der Waals surface area contributed by atoms with Crippen molar-refractivity contribution in [2.45, 2.75) is 0 Å². The van der Waals surface area contributed by atoms with Crippen molar-refractivity contribution < 1.29 is 17.9 Å². The molecule has 0 amide bonds. The molecule has 0 aliphatic carbocycles. The fourth-order valence-electron chi connectivity index (χ4n) is 1.57. The Kier molecular flexibility index (Phi) is 3.03. The molecule has 0 aliphatic rings. The number of rotatable bonds is 3. The average molecular weight is 253 g/mol. The van der Waals surface area contributed by atoms with Gasteiger partial charge in [-0.15, -0.1) is 0 Å². The smallest absolute Gasteiger partial charge is 0.357 e. The summed E-state index contributed by atoms with van der Waals surface area (Å²) in [6, 6.07) is 9.00. The molecule has 0 fully saturated rings. The number of benzene rings is 2. The maximum absolute atomic E-state index is 10.8. The van der Waals surface area contributed by atoms with Crippen LogP contribution in [0.2, 0.25) is 0 Å². The lowest BCUT2D eigenvalue weighted by Gasteiger charge is -2.04.